The summed E-state index contributed by atoms with van der Waals surface area (Å²) in [5.41, 5.74) is 4.92. The largest absolute Gasteiger partial charge is 0.493 e. The van der Waals surface area contributed by atoms with E-state index >= 15 is 0 Å². The molecular formula is C21H20N6O2S. The second-order valence-electron chi connectivity index (χ2n) is 6.97. The predicted molar refractivity (Wildman–Crippen MR) is 115 cm³/mol. The molecule has 0 unspecified atom stereocenters. The first-order chi connectivity index (χ1) is 14.6. The fraction of sp³-hybridized carbons (Fsp3) is 0.238. The molecule has 1 aromatic carbocycles. The van der Waals surface area contributed by atoms with E-state index < -0.39 is 0 Å². The quantitative estimate of drug-likeness (QED) is 0.431. The average Bonchev–Trinajstić information content (AvgIpc) is 3.47. The highest BCUT2D eigenvalue weighted by Gasteiger charge is 2.20. The molecule has 4 heterocycles. The Morgan fingerprint density at radius 2 is 1.87 bits per heavy atom. The van der Waals surface area contributed by atoms with Gasteiger partial charge in [-0.05, 0) is 37.1 Å². The molecule has 0 radical (unpaired) electrons. The highest BCUT2D eigenvalue weighted by atomic mass is 32.1. The predicted octanol–water partition coefficient (Wildman–Crippen LogP) is 3.75. The fourth-order valence-electron chi connectivity index (χ4n) is 3.71. The van der Waals surface area contributed by atoms with Gasteiger partial charge >= 0.3 is 0 Å². The lowest BCUT2D eigenvalue weighted by atomic mass is 10.1. The van der Waals surface area contributed by atoms with Crippen molar-refractivity contribution in [3.63, 3.8) is 0 Å². The Balaban J connectivity index is 1.61. The Kier molecular flexibility index (Phi) is 4.39. The number of aryl methyl sites for hydroxylation is 1. The van der Waals surface area contributed by atoms with E-state index in [0.29, 0.717) is 17.9 Å². The first-order valence-corrected chi connectivity index (χ1v) is 10.3. The van der Waals surface area contributed by atoms with Crippen molar-refractivity contribution in [2.45, 2.75) is 20.3 Å². The van der Waals surface area contributed by atoms with Gasteiger partial charge in [0.25, 0.3) is 0 Å². The van der Waals surface area contributed by atoms with Crippen LogP contribution >= 0.6 is 11.3 Å². The van der Waals surface area contributed by atoms with Crippen LogP contribution in [0.3, 0.4) is 0 Å². The Labute approximate surface area is 176 Å². The molecule has 0 saturated heterocycles. The Morgan fingerprint density at radius 3 is 2.60 bits per heavy atom. The third kappa shape index (κ3) is 2.81. The Bertz CT molecular complexity index is 1370. The van der Waals surface area contributed by atoms with Gasteiger partial charge in [-0.2, -0.15) is 0 Å². The Morgan fingerprint density at radius 1 is 1.03 bits per heavy atom. The zero-order chi connectivity index (χ0) is 20.8. The minimum atomic E-state index is 0.578. The first-order valence-electron chi connectivity index (χ1n) is 9.43. The highest BCUT2D eigenvalue weighted by Crippen LogP contribution is 2.31. The van der Waals surface area contributed by atoms with Crippen LogP contribution in [0.5, 0.6) is 11.5 Å². The molecule has 0 spiro atoms. The number of nitrogens with zero attached hydrogens (tertiary/aromatic N) is 6. The molecule has 0 aliphatic rings. The van der Waals surface area contributed by atoms with Gasteiger partial charge in [0.2, 0.25) is 0 Å². The smallest absolute Gasteiger partial charge is 0.195 e. The van der Waals surface area contributed by atoms with Crippen LogP contribution in [-0.4, -0.2) is 43.4 Å². The summed E-state index contributed by atoms with van der Waals surface area (Å²) in [5.74, 6) is 2.11. The zero-order valence-electron chi connectivity index (χ0n) is 17.1. The summed E-state index contributed by atoms with van der Waals surface area (Å²) in [4.78, 5) is 14.0. The van der Waals surface area contributed by atoms with Gasteiger partial charge in [0.15, 0.2) is 33.7 Å². The molecule has 30 heavy (non-hydrogen) atoms. The van der Waals surface area contributed by atoms with E-state index in [9.17, 15) is 0 Å². The van der Waals surface area contributed by atoms with Crippen LogP contribution in [0.25, 0.3) is 21.8 Å². The SMILES string of the molecule is COc1ccc(Cc2nc3c4c(C)c(C)n(-c5nccs5)c4ncn3n2)cc1OC. The van der Waals surface area contributed by atoms with Crippen LogP contribution in [0, 0.1) is 13.8 Å². The highest BCUT2D eigenvalue weighted by molar-refractivity contribution is 7.12. The number of hydrogen-bond donors (Lipinski definition) is 0. The monoisotopic (exact) mass is 420 g/mol. The second kappa shape index (κ2) is 7.10. The molecule has 5 rings (SSSR count). The standard InChI is InChI=1S/C21H20N6O2S/c1-12-13(2)27(21-22-7-8-30-21)19-18(12)20-24-17(25-26(20)11-23-19)10-14-5-6-15(28-3)16(9-14)29-4/h5-9,11H,10H2,1-4H3. The van der Waals surface area contributed by atoms with Crippen molar-refractivity contribution in [3.05, 3.63) is 58.7 Å². The van der Waals surface area contributed by atoms with Crippen LogP contribution in [0.15, 0.2) is 36.1 Å². The van der Waals surface area contributed by atoms with E-state index in [1.807, 2.05) is 23.6 Å². The van der Waals surface area contributed by atoms with Gasteiger partial charge in [0, 0.05) is 23.7 Å². The summed E-state index contributed by atoms with van der Waals surface area (Å²) in [6.07, 6.45) is 4.10. The lowest BCUT2D eigenvalue weighted by Gasteiger charge is -2.08. The molecule has 4 aromatic heterocycles. The number of fused-ring (bicyclic) bond motifs is 3. The third-order valence-corrected chi connectivity index (χ3v) is 6.05. The van der Waals surface area contributed by atoms with Crippen molar-refractivity contribution in [2.24, 2.45) is 0 Å². The number of ether oxygens (including phenoxy) is 2. The minimum Gasteiger partial charge on any atom is -0.493 e. The topological polar surface area (TPSA) is 79.4 Å². The van der Waals surface area contributed by atoms with Crippen molar-refractivity contribution >= 4 is 28.0 Å². The van der Waals surface area contributed by atoms with Gasteiger partial charge < -0.3 is 9.47 Å². The van der Waals surface area contributed by atoms with Gasteiger partial charge in [-0.25, -0.2) is 19.5 Å². The van der Waals surface area contributed by atoms with E-state index in [0.717, 1.165) is 44.5 Å². The maximum atomic E-state index is 5.41. The second-order valence-corrected chi connectivity index (χ2v) is 7.84. The van der Waals surface area contributed by atoms with E-state index in [-0.39, 0.29) is 0 Å². The van der Waals surface area contributed by atoms with E-state index in [4.69, 9.17) is 14.5 Å². The van der Waals surface area contributed by atoms with Crippen molar-refractivity contribution in [1.82, 2.24) is 29.1 Å². The molecule has 0 saturated carbocycles. The molecule has 152 valence electrons. The molecule has 0 N–H and O–H groups in total. The van der Waals surface area contributed by atoms with Crippen LogP contribution in [-0.2, 0) is 6.42 Å². The lowest BCUT2D eigenvalue weighted by molar-refractivity contribution is 0.354. The van der Waals surface area contributed by atoms with Crippen LogP contribution in [0.1, 0.15) is 22.6 Å². The van der Waals surface area contributed by atoms with Gasteiger partial charge in [0.1, 0.15) is 6.33 Å². The number of methoxy groups -OCH3 is 2. The average molecular weight is 420 g/mol. The maximum absolute atomic E-state index is 5.41. The first kappa shape index (κ1) is 18.6. The summed E-state index contributed by atoms with van der Waals surface area (Å²) in [5, 5.41) is 8.51. The number of benzene rings is 1. The van der Waals surface area contributed by atoms with E-state index in [1.54, 1.807) is 42.6 Å². The maximum Gasteiger partial charge on any atom is 0.195 e. The molecule has 9 heteroatoms. The van der Waals surface area contributed by atoms with Crippen molar-refractivity contribution in [2.75, 3.05) is 14.2 Å². The van der Waals surface area contributed by atoms with Gasteiger partial charge in [-0.1, -0.05) is 6.07 Å². The molecular weight excluding hydrogens is 400 g/mol. The number of aromatic nitrogens is 6. The van der Waals surface area contributed by atoms with Crippen molar-refractivity contribution in [1.29, 1.82) is 0 Å². The molecule has 0 aliphatic carbocycles. The van der Waals surface area contributed by atoms with Gasteiger partial charge in [-0.15, -0.1) is 16.4 Å². The molecule has 0 atom stereocenters. The summed E-state index contributed by atoms with van der Waals surface area (Å²) >= 11 is 1.58. The molecule has 8 nitrogen and oxygen atoms in total. The third-order valence-electron chi connectivity index (χ3n) is 5.30. The lowest BCUT2D eigenvalue weighted by Crippen LogP contribution is -1.98. The fourth-order valence-corrected chi connectivity index (χ4v) is 4.41. The van der Waals surface area contributed by atoms with E-state index in [1.165, 1.54) is 0 Å². The summed E-state index contributed by atoms with van der Waals surface area (Å²) in [6.45, 7) is 4.17. The number of thiazole rings is 1. The minimum absolute atomic E-state index is 0.578. The summed E-state index contributed by atoms with van der Waals surface area (Å²) in [6, 6.07) is 5.84. The summed E-state index contributed by atoms with van der Waals surface area (Å²) in [7, 11) is 3.26. The molecule has 5 aromatic rings. The molecule has 0 fully saturated rings. The van der Waals surface area contributed by atoms with Crippen molar-refractivity contribution < 1.29 is 9.47 Å². The number of hydrogen-bond acceptors (Lipinski definition) is 7. The van der Waals surface area contributed by atoms with Crippen molar-refractivity contribution in [3.8, 4) is 16.6 Å². The van der Waals surface area contributed by atoms with Gasteiger partial charge in [0.05, 0.1) is 19.6 Å². The Hall–Kier alpha value is -3.46. The van der Waals surface area contributed by atoms with E-state index in [2.05, 4.69) is 33.5 Å². The molecule has 0 amide bonds. The number of rotatable bonds is 5. The molecule has 0 bridgehead atoms. The van der Waals surface area contributed by atoms with Gasteiger partial charge in [-0.3, -0.25) is 4.57 Å². The van der Waals surface area contributed by atoms with Crippen LogP contribution in [0.4, 0.5) is 0 Å². The normalized spacial score (nSPS) is 11.5. The molecule has 0 aliphatic heterocycles. The van der Waals surface area contributed by atoms with Crippen LogP contribution < -0.4 is 9.47 Å². The van der Waals surface area contributed by atoms with Crippen LogP contribution in [0.2, 0.25) is 0 Å². The zero-order valence-corrected chi connectivity index (χ0v) is 17.9. The summed E-state index contributed by atoms with van der Waals surface area (Å²) < 4.78 is 14.6.